The van der Waals surface area contributed by atoms with Crippen molar-refractivity contribution in [2.45, 2.75) is 180 Å². The summed E-state index contributed by atoms with van der Waals surface area (Å²) in [7, 11) is 1.00. The van der Waals surface area contributed by atoms with E-state index in [2.05, 4.69) is 19.1 Å². The van der Waals surface area contributed by atoms with E-state index in [0.29, 0.717) is 63.1 Å². The molecule has 0 aromatic rings. The third kappa shape index (κ3) is 19.6. The van der Waals surface area contributed by atoms with Crippen LogP contribution < -0.4 is 0 Å². The van der Waals surface area contributed by atoms with Crippen LogP contribution in [0.1, 0.15) is 150 Å². The molecular formula is C50H81NO13. The zero-order chi connectivity index (χ0) is 47.5. The number of rotatable bonds is 28. The Morgan fingerprint density at radius 1 is 0.922 bits per heavy atom. The van der Waals surface area contributed by atoms with Gasteiger partial charge in [0.05, 0.1) is 32.0 Å². The number of Topliss-reactive ketones (excluding diaryl/α,β-unsaturated/α-hetero) is 3. The fourth-order valence-corrected chi connectivity index (χ4v) is 8.69. The lowest BCUT2D eigenvalue weighted by Crippen LogP contribution is -2.59. The van der Waals surface area contributed by atoms with Crippen molar-refractivity contribution in [3.8, 4) is 0 Å². The predicted molar refractivity (Wildman–Crippen MR) is 244 cm³/mol. The molecule has 2 saturated heterocycles. The van der Waals surface area contributed by atoms with Gasteiger partial charge < -0.3 is 44.0 Å². The molecule has 1 aliphatic carbocycles. The molecule has 0 bridgehead atoms. The lowest BCUT2D eigenvalue weighted by atomic mass is 9.80. The van der Waals surface area contributed by atoms with Crippen LogP contribution in [0.5, 0.6) is 0 Å². The fraction of sp³-hybridized carbons (Fsp3) is 0.760. The normalized spacial score (nSPS) is 24.9. The van der Waals surface area contributed by atoms with Crippen LogP contribution in [-0.2, 0) is 47.7 Å². The summed E-state index contributed by atoms with van der Waals surface area (Å²) in [5, 5.41) is 29.0. The van der Waals surface area contributed by atoms with Gasteiger partial charge in [-0.05, 0) is 114 Å². The summed E-state index contributed by atoms with van der Waals surface area (Å²) in [4.78, 5) is 79.5. The van der Waals surface area contributed by atoms with Crippen molar-refractivity contribution in [3.63, 3.8) is 0 Å². The minimum absolute atomic E-state index is 0.0186. The second kappa shape index (κ2) is 31.5. The van der Waals surface area contributed by atoms with E-state index in [4.69, 9.17) is 24.1 Å². The number of ether oxygens (including phenoxy) is 4. The first-order valence-electron chi connectivity index (χ1n) is 23.9. The Kier molecular flexibility index (Phi) is 27.9. The van der Waals surface area contributed by atoms with Gasteiger partial charge in [0.15, 0.2) is 0 Å². The second-order valence-corrected chi connectivity index (χ2v) is 17.9. The Bertz CT molecular complexity index is 1520. The van der Waals surface area contributed by atoms with Gasteiger partial charge in [0, 0.05) is 44.8 Å². The number of unbranched alkanes of at least 4 members (excludes halogenated alkanes) is 2. The van der Waals surface area contributed by atoms with E-state index >= 15 is 0 Å². The Labute approximate surface area is 382 Å². The molecule has 3 fully saturated rings. The van der Waals surface area contributed by atoms with Crippen LogP contribution in [0, 0.1) is 23.7 Å². The third-order valence-corrected chi connectivity index (χ3v) is 12.9. The number of ketones is 3. The van der Waals surface area contributed by atoms with E-state index in [9.17, 15) is 39.0 Å². The van der Waals surface area contributed by atoms with Gasteiger partial charge in [-0.1, -0.05) is 64.5 Å². The zero-order valence-corrected chi connectivity index (χ0v) is 39.7. The quantitative estimate of drug-likeness (QED) is 0.0186. The van der Waals surface area contributed by atoms with Gasteiger partial charge in [0.2, 0.25) is 5.79 Å². The van der Waals surface area contributed by atoms with Crippen molar-refractivity contribution in [1.29, 1.82) is 0 Å². The van der Waals surface area contributed by atoms with Gasteiger partial charge in [-0.15, -0.1) is 0 Å². The number of piperidine rings is 1. The number of likely N-dealkylation sites (tertiary alicyclic amines) is 1. The summed E-state index contributed by atoms with van der Waals surface area (Å²) in [6.45, 7) is 10.4. The predicted octanol–water partition coefficient (Wildman–Crippen LogP) is 6.74. The maximum Gasteiger partial charge on any atom is 0.329 e. The van der Waals surface area contributed by atoms with Crippen LogP contribution >= 0.6 is 0 Å². The second-order valence-electron chi connectivity index (χ2n) is 17.9. The highest BCUT2D eigenvalue weighted by atomic mass is 16.6. The summed E-state index contributed by atoms with van der Waals surface area (Å²) >= 11 is 0. The van der Waals surface area contributed by atoms with Crippen molar-refractivity contribution >= 4 is 35.5 Å². The van der Waals surface area contributed by atoms with Crippen LogP contribution in [0.4, 0.5) is 0 Å². The molecule has 2 heterocycles. The summed E-state index contributed by atoms with van der Waals surface area (Å²) < 4.78 is 22.8. The van der Waals surface area contributed by atoms with Gasteiger partial charge in [0.1, 0.15) is 36.6 Å². The third-order valence-electron chi connectivity index (χ3n) is 12.9. The number of nitrogens with zero attached hydrogens (tertiary/aromatic N) is 1. The maximum absolute atomic E-state index is 14.1. The number of allylic oxidation sites excluding steroid dienone is 5. The summed E-state index contributed by atoms with van der Waals surface area (Å²) in [6, 6.07) is -1.06. The number of esters is 1. The minimum Gasteiger partial charge on any atom is -0.460 e. The number of aliphatic hydroxyl groups excluding tert-OH is 2. The van der Waals surface area contributed by atoms with E-state index in [1.165, 1.54) is 4.90 Å². The van der Waals surface area contributed by atoms with Gasteiger partial charge in [0.25, 0.3) is 11.7 Å². The van der Waals surface area contributed by atoms with Crippen molar-refractivity contribution in [1.82, 2.24) is 4.90 Å². The molecule has 2 aliphatic heterocycles. The summed E-state index contributed by atoms with van der Waals surface area (Å²) in [5.74, 6) is -5.93. The molecule has 6 unspecified atom stereocenters. The van der Waals surface area contributed by atoms with E-state index in [0.717, 1.165) is 64.9 Å². The molecule has 364 valence electrons. The molecule has 1 saturated carbocycles. The number of carbonyl (C=O) groups is 6. The van der Waals surface area contributed by atoms with Crippen LogP contribution in [0.2, 0.25) is 0 Å². The first-order valence-corrected chi connectivity index (χ1v) is 23.9. The van der Waals surface area contributed by atoms with Crippen LogP contribution in [0.15, 0.2) is 36.0 Å². The van der Waals surface area contributed by atoms with Gasteiger partial charge >= 0.3 is 5.97 Å². The van der Waals surface area contributed by atoms with Crippen molar-refractivity contribution < 1.29 is 63.0 Å². The van der Waals surface area contributed by atoms with Crippen LogP contribution in [0.3, 0.4) is 0 Å². The Morgan fingerprint density at radius 3 is 2.33 bits per heavy atom. The molecule has 14 nitrogen and oxygen atoms in total. The highest BCUT2D eigenvalue weighted by Crippen LogP contribution is 2.34. The van der Waals surface area contributed by atoms with E-state index in [-0.39, 0.29) is 74.9 Å². The maximum atomic E-state index is 14.1. The smallest absolute Gasteiger partial charge is 0.329 e. The number of aldehydes is 1. The largest absolute Gasteiger partial charge is 0.460 e. The lowest BCUT2D eigenvalue weighted by Gasteiger charge is -2.39. The Morgan fingerprint density at radius 2 is 1.64 bits per heavy atom. The molecule has 1 amide bonds. The standard InChI is InChI=1S/C49H77NO12.CH4O/c1-6-7-8-9-10-11-12-13-17-35(2)43(53)34-44(54)36(3)20-23-40(52)33-45(37(4)32-39-21-24-41(25-22-39)60-31-30-59-29-27-51)62-48(57)42-19-14-15-26-50(42)47(56)46(55)49(58)38(5)18-16-28-61-49;1-2/h7-10,20,27,35,37-39,41-42,44-45,54,58H,6,11-19,21-26,28-34H2,1-5H3;2H,1H3/b8-7+,10-9+,36-20+;/t35?,37?,38?,39?,41?,42?,44?,45-,49?;/m0./s1. The average molecular weight is 904 g/mol. The molecule has 64 heavy (non-hydrogen) atoms. The number of hydrogen-bond acceptors (Lipinski definition) is 13. The number of hydrogen-bond donors (Lipinski definition) is 3. The number of aliphatic hydroxyl groups is 3. The molecule has 0 spiro atoms. The molecule has 3 N–H and O–H groups in total. The van der Waals surface area contributed by atoms with Crippen LogP contribution in [-0.4, -0.2) is 126 Å². The molecule has 0 radical (unpaired) electrons. The van der Waals surface area contributed by atoms with Crippen molar-refractivity contribution in [3.05, 3.63) is 36.0 Å². The molecule has 3 rings (SSSR count). The first kappa shape index (κ1) is 56.7. The summed E-state index contributed by atoms with van der Waals surface area (Å²) in [5.41, 5.74) is 0.527. The summed E-state index contributed by atoms with van der Waals surface area (Å²) in [6.07, 6.45) is 20.2. The lowest BCUT2D eigenvalue weighted by molar-refractivity contribution is -0.241. The Balaban J connectivity index is 0.00000694. The molecule has 0 aromatic heterocycles. The Hall–Kier alpha value is -3.40. The van der Waals surface area contributed by atoms with Gasteiger partial charge in [-0.25, -0.2) is 4.79 Å². The molecular weight excluding hydrogens is 823 g/mol. The molecule has 0 aromatic carbocycles. The van der Waals surface area contributed by atoms with Gasteiger partial charge in [-0.2, -0.15) is 0 Å². The zero-order valence-electron chi connectivity index (χ0n) is 39.7. The highest BCUT2D eigenvalue weighted by molar-refractivity contribution is 6.39. The van der Waals surface area contributed by atoms with Crippen LogP contribution in [0.25, 0.3) is 0 Å². The highest BCUT2D eigenvalue weighted by Gasteiger charge is 2.51. The topological polar surface area (TPSA) is 203 Å². The van der Waals surface area contributed by atoms with E-state index in [1.807, 2.05) is 26.0 Å². The fourth-order valence-electron chi connectivity index (χ4n) is 8.69. The SMILES string of the molecule is CC/C=C/C=C/CCCCC(C)C(=O)CC(O)/C(C)=C/CC(=O)C[C@H](OC(=O)C1CCCCN1C(=O)C(=O)C1(O)OCCCC1C)C(C)CC1CCC(OCCOCC=O)CC1.CO. The van der Waals surface area contributed by atoms with Crippen molar-refractivity contribution in [2.75, 3.05) is 40.1 Å². The van der Waals surface area contributed by atoms with Gasteiger partial charge in [-0.3, -0.25) is 19.2 Å². The average Bonchev–Trinajstić information content (AvgIpc) is 3.30. The minimum atomic E-state index is -2.26. The van der Waals surface area contributed by atoms with Crippen molar-refractivity contribution in [2.24, 2.45) is 23.7 Å². The number of amides is 1. The molecule has 3 aliphatic rings. The first-order chi connectivity index (χ1) is 30.7. The number of carbonyl (C=O) groups excluding carboxylic acids is 6. The monoisotopic (exact) mass is 904 g/mol. The molecule has 7 atom stereocenters. The molecule has 14 heteroatoms. The van der Waals surface area contributed by atoms with E-state index in [1.54, 1.807) is 19.9 Å². The van der Waals surface area contributed by atoms with E-state index < -0.39 is 47.6 Å².